The second-order valence-corrected chi connectivity index (χ2v) is 6.38. The Kier molecular flexibility index (Phi) is 5.46. The van der Waals surface area contributed by atoms with Gasteiger partial charge in [-0.3, -0.25) is 4.79 Å². The number of hydrogen-bond donors (Lipinski definition) is 1. The molecule has 6 heteroatoms. The number of anilines is 1. The Balaban J connectivity index is 1.60. The quantitative estimate of drug-likeness (QED) is 0.539. The molecule has 3 aromatic rings. The summed E-state index contributed by atoms with van der Waals surface area (Å²) in [6.07, 6.45) is 1.52. The Morgan fingerprint density at radius 3 is 2.54 bits per heavy atom. The van der Waals surface area contributed by atoms with Gasteiger partial charge in [-0.15, -0.1) is 0 Å². The summed E-state index contributed by atoms with van der Waals surface area (Å²) in [5.41, 5.74) is 2.58. The van der Waals surface area contributed by atoms with Crippen LogP contribution in [0.2, 0.25) is 5.02 Å². The summed E-state index contributed by atoms with van der Waals surface area (Å²) in [5, 5.41) is 4.22. The number of benzene rings is 2. The van der Waals surface area contributed by atoms with Crippen LogP contribution in [0.15, 0.2) is 72.0 Å². The largest absolute Gasteiger partial charge is 0.325 e. The number of amides is 1. The third kappa shape index (κ3) is 4.57. The van der Waals surface area contributed by atoms with Gasteiger partial charge in [-0.2, -0.15) is 0 Å². The van der Waals surface area contributed by atoms with Gasteiger partial charge >= 0.3 is 0 Å². The van der Waals surface area contributed by atoms with Crippen molar-refractivity contribution in [2.45, 2.75) is 5.03 Å². The molecule has 0 aliphatic heterocycles. The monoisotopic (exact) mass is 355 g/mol. The number of carbonyl (C=O) groups is 1. The van der Waals surface area contributed by atoms with Crippen molar-refractivity contribution in [1.29, 1.82) is 0 Å². The number of nitrogens with zero attached hydrogens (tertiary/aromatic N) is 2. The molecule has 0 spiro atoms. The first-order valence-corrected chi connectivity index (χ1v) is 8.63. The number of hydrogen-bond acceptors (Lipinski definition) is 4. The molecule has 0 fully saturated rings. The van der Waals surface area contributed by atoms with Gasteiger partial charge in [0.05, 0.1) is 11.4 Å². The van der Waals surface area contributed by atoms with Gasteiger partial charge in [0.2, 0.25) is 5.91 Å². The Hall–Kier alpha value is -2.37. The second kappa shape index (κ2) is 7.95. The number of halogens is 1. The van der Waals surface area contributed by atoms with Crippen molar-refractivity contribution < 1.29 is 4.79 Å². The molecular weight excluding hydrogens is 342 g/mol. The van der Waals surface area contributed by atoms with Crippen molar-refractivity contribution in [3.05, 3.63) is 72.0 Å². The topological polar surface area (TPSA) is 54.9 Å². The van der Waals surface area contributed by atoms with Crippen molar-refractivity contribution in [3.8, 4) is 11.3 Å². The van der Waals surface area contributed by atoms with E-state index in [1.165, 1.54) is 18.1 Å². The predicted molar refractivity (Wildman–Crippen MR) is 98.3 cm³/mol. The van der Waals surface area contributed by atoms with Crippen molar-refractivity contribution in [2.75, 3.05) is 11.1 Å². The summed E-state index contributed by atoms with van der Waals surface area (Å²) in [7, 11) is 0. The molecule has 1 aromatic heterocycles. The fourth-order valence-electron chi connectivity index (χ4n) is 2.05. The van der Waals surface area contributed by atoms with Crippen LogP contribution in [0.25, 0.3) is 11.3 Å². The van der Waals surface area contributed by atoms with Crippen molar-refractivity contribution in [2.24, 2.45) is 0 Å². The summed E-state index contributed by atoms with van der Waals surface area (Å²) in [6.45, 7) is 0. The molecule has 0 saturated carbocycles. The first-order valence-electron chi connectivity index (χ1n) is 7.26. The molecule has 0 radical (unpaired) electrons. The molecule has 0 aliphatic carbocycles. The van der Waals surface area contributed by atoms with E-state index in [2.05, 4.69) is 15.3 Å². The number of nitrogens with one attached hydrogen (secondary N) is 1. The zero-order valence-corrected chi connectivity index (χ0v) is 14.2. The van der Waals surface area contributed by atoms with Gasteiger partial charge in [-0.05, 0) is 30.3 Å². The van der Waals surface area contributed by atoms with E-state index in [-0.39, 0.29) is 11.7 Å². The summed E-state index contributed by atoms with van der Waals surface area (Å²) < 4.78 is 0. The fourth-order valence-corrected chi connectivity index (χ4v) is 2.85. The lowest BCUT2D eigenvalue weighted by atomic mass is 10.1. The number of aromatic nitrogens is 2. The van der Waals surface area contributed by atoms with E-state index in [1.807, 2.05) is 36.4 Å². The van der Waals surface area contributed by atoms with Gasteiger partial charge in [-0.1, -0.05) is 53.7 Å². The molecule has 0 bridgehead atoms. The molecule has 120 valence electrons. The molecule has 1 heterocycles. The average Bonchev–Trinajstić information content (AvgIpc) is 2.63. The minimum absolute atomic E-state index is 0.0952. The highest BCUT2D eigenvalue weighted by Crippen LogP contribution is 2.22. The second-order valence-electron chi connectivity index (χ2n) is 4.95. The third-order valence-corrected chi connectivity index (χ3v) is 4.37. The van der Waals surface area contributed by atoms with Crippen molar-refractivity contribution >= 4 is 35.0 Å². The number of thioether (sulfide) groups is 1. The first kappa shape index (κ1) is 16.5. The van der Waals surface area contributed by atoms with Crippen LogP contribution in [0.5, 0.6) is 0 Å². The maximum Gasteiger partial charge on any atom is 0.234 e. The average molecular weight is 356 g/mol. The minimum Gasteiger partial charge on any atom is -0.325 e. The lowest BCUT2D eigenvalue weighted by Crippen LogP contribution is -2.14. The smallest absolute Gasteiger partial charge is 0.234 e. The molecule has 24 heavy (non-hydrogen) atoms. The Labute approximate surface area is 149 Å². The summed E-state index contributed by atoms with van der Waals surface area (Å²) in [6, 6.07) is 18.8. The Morgan fingerprint density at radius 1 is 1.04 bits per heavy atom. The summed E-state index contributed by atoms with van der Waals surface area (Å²) in [5.74, 6) is 0.177. The van der Waals surface area contributed by atoms with E-state index in [1.54, 1.807) is 24.3 Å². The molecule has 0 atom stereocenters. The zero-order valence-electron chi connectivity index (χ0n) is 12.6. The van der Waals surface area contributed by atoms with Crippen LogP contribution in [0.3, 0.4) is 0 Å². The normalized spacial score (nSPS) is 10.4. The Morgan fingerprint density at radius 2 is 1.79 bits per heavy atom. The molecule has 2 aromatic carbocycles. The lowest BCUT2D eigenvalue weighted by Gasteiger charge is -2.06. The zero-order chi connectivity index (χ0) is 16.8. The molecular formula is C18H14ClN3OS. The number of carbonyl (C=O) groups excluding carboxylic acids is 1. The highest BCUT2D eigenvalue weighted by Gasteiger charge is 2.06. The van der Waals surface area contributed by atoms with Gasteiger partial charge in [0, 0.05) is 16.3 Å². The summed E-state index contributed by atoms with van der Waals surface area (Å²) in [4.78, 5) is 20.5. The molecule has 3 rings (SSSR count). The van der Waals surface area contributed by atoms with Gasteiger partial charge < -0.3 is 5.32 Å². The maximum atomic E-state index is 12.0. The van der Waals surface area contributed by atoms with Crippen LogP contribution in [0.4, 0.5) is 5.69 Å². The molecule has 1 N–H and O–H groups in total. The highest BCUT2D eigenvalue weighted by atomic mass is 35.5. The van der Waals surface area contributed by atoms with Crippen LogP contribution < -0.4 is 5.32 Å². The van der Waals surface area contributed by atoms with Gasteiger partial charge in [0.15, 0.2) is 0 Å². The van der Waals surface area contributed by atoms with Gasteiger partial charge in [-0.25, -0.2) is 9.97 Å². The van der Waals surface area contributed by atoms with Crippen LogP contribution in [0, 0.1) is 0 Å². The molecule has 0 unspecified atom stereocenters. The van der Waals surface area contributed by atoms with Crippen molar-refractivity contribution in [1.82, 2.24) is 9.97 Å². The molecule has 0 aliphatic rings. The van der Waals surface area contributed by atoms with Crippen molar-refractivity contribution in [3.63, 3.8) is 0 Å². The predicted octanol–water partition coefficient (Wildman–Crippen LogP) is 4.53. The van der Waals surface area contributed by atoms with Crippen LogP contribution >= 0.6 is 23.4 Å². The van der Waals surface area contributed by atoms with E-state index in [9.17, 15) is 4.79 Å². The lowest BCUT2D eigenvalue weighted by molar-refractivity contribution is -0.113. The molecule has 0 saturated heterocycles. The first-order chi connectivity index (χ1) is 11.7. The summed E-state index contributed by atoms with van der Waals surface area (Å²) >= 11 is 7.19. The van der Waals surface area contributed by atoms with E-state index in [0.717, 1.165) is 22.0 Å². The highest BCUT2D eigenvalue weighted by molar-refractivity contribution is 7.99. The standard InChI is InChI=1S/C18H14ClN3OS/c19-14-6-8-15(9-7-14)22-17(23)11-24-18-10-16(20-12-21-18)13-4-2-1-3-5-13/h1-10,12H,11H2,(H,22,23). The van der Waals surface area contributed by atoms with Crippen LogP contribution in [-0.2, 0) is 4.79 Å². The Bertz CT molecular complexity index is 825. The van der Waals surface area contributed by atoms with E-state index in [0.29, 0.717) is 5.02 Å². The number of rotatable bonds is 5. The van der Waals surface area contributed by atoms with E-state index >= 15 is 0 Å². The van der Waals surface area contributed by atoms with Crippen LogP contribution in [0.1, 0.15) is 0 Å². The SMILES string of the molecule is O=C(CSc1cc(-c2ccccc2)ncn1)Nc1ccc(Cl)cc1. The molecule has 4 nitrogen and oxygen atoms in total. The van der Waals surface area contributed by atoms with Gasteiger partial charge in [0.25, 0.3) is 0 Å². The van der Waals surface area contributed by atoms with E-state index in [4.69, 9.17) is 11.6 Å². The minimum atomic E-state index is -0.0952. The van der Waals surface area contributed by atoms with E-state index < -0.39 is 0 Å². The third-order valence-electron chi connectivity index (χ3n) is 3.19. The van der Waals surface area contributed by atoms with Gasteiger partial charge in [0.1, 0.15) is 11.4 Å². The molecule has 1 amide bonds. The maximum absolute atomic E-state index is 12.0. The van der Waals surface area contributed by atoms with Crippen LogP contribution in [-0.4, -0.2) is 21.6 Å². The fraction of sp³-hybridized carbons (Fsp3) is 0.0556.